The van der Waals surface area contributed by atoms with Crippen molar-refractivity contribution in [3.63, 3.8) is 0 Å². The Morgan fingerprint density at radius 3 is 2.45 bits per heavy atom. The Morgan fingerprint density at radius 2 is 1.95 bits per heavy atom. The maximum Gasteiger partial charge on any atom is 0.402 e. The van der Waals surface area contributed by atoms with Gasteiger partial charge in [0.05, 0.1) is 12.2 Å². The van der Waals surface area contributed by atoms with E-state index in [1.165, 1.54) is 24.3 Å². The molecule has 1 aromatic rings. The first-order valence-corrected chi connectivity index (χ1v) is 7.49. The molecule has 10 heteroatoms. The topological polar surface area (TPSA) is 102 Å². The molecule has 1 aliphatic heterocycles. The smallest absolute Gasteiger partial charge is 0.402 e. The number of esters is 1. The predicted octanol–water partition coefficient (Wildman–Crippen LogP) is 1.10. The zero-order valence-corrected chi connectivity index (χ0v) is 11.9. The molecule has 1 atom stereocenters. The van der Waals surface area contributed by atoms with Crippen LogP contribution in [-0.2, 0) is 19.6 Å². The van der Waals surface area contributed by atoms with E-state index in [2.05, 4.69) is 4.74 Å². The van der Waals surface area contributed by atoms with Gasteiger partial charge in [0.2, 0.25) is 0 Å². The summed E-state index contributed by atoms with van der Waals surface area (Å²) in [6.45, 7) is -0.779. The molecule has 122 valence electrons. The zero-order valence-electron chi connectivity index (χ0n) is 11.1. The molecule has 2 rings (SSSR count). The standard InChI is InChI=1S/C12H12F2O7S/c13-12(14,22(16,17)18)7-21-11(15)8-1-3-9(4-2-8)19-5-10-6-20-10/h1-4,10H,5-7H2,(H,16,17,18). The number of epoxide rings is 1. The van der Waals surface area contributed by atoms with Crippen LogP contribution in [0.5, 0.6) is 5.75 Å². The molecule has 1 aliphatic rings. The monoisotopic (exact) mass is 338 g/mol. The van der Waals surface area contributed by atoms with Gasteiger partial charge in [-0.25, -0.2) is 4.79 Å². The molecule has 22 heavy (non-hydrogen) atoms. The Hall–Kier alpha value is -1.78. The van der Waals surface area contributed by atoms with Crippen molar-refractivity contribution in [1.82, 2.24) is 0 Å². The van der Waals surface area contributed by atoms with Crippen LogP contribution in [0.15, 0.2) is 24.3 Å². The molecule has 1 fully saturated rings. The van der Waals surface area contributed by atoms with Crippen LogP contribution in [0.4, 0.5) is 8.78 Å². The van der Waals surface area contributed by atoms with Crippen LogP contribution in [0.3, 0.4) is 0 Å². The van der Waals surface area contributed by atoms with E-state index in [0.717, 1.165) is 0 Å². The lowest BCUT2D eigenvalue weighted by atomic mass is 10.2. The minimum absolute atomic E-state index is 0.0623. The maximum absolute atomic E-state index is 12.9. The average molecular weight is 338 g/mol. The van der Waals surface area contributed by atoms with E-state index in [1.807, 2.05) is 0 Å². The highest BCUT2D eigenvalue weighted by Crippen LogP contribution is 2.22. The number of alkyl halides is 2. The Bertz CT molecular complexity index is 638. The molecule has 0 aliphatic carbocycles. The van der Waals surface area contributed by atoms with Crippen LogP contribution >= 0.6 is 0 Å². The first-order chi connectivity index (χ1) is 10.2. The summed E-state index contributed by atoms with van der Waals surface area (Å²) in [6.07, 6.45) is 0.0623. The fourth-order valence-corrected chi connectivity index (χ4v) is 1.56. The van der Waals surface area contributed by atoms with Crippen LogP contribution < -0.4 is 4.74 Å². The highest BCUT2D eigenvalue weighted by molar-refractivity contribution is 7.86. The molecule has 0 radical (unpaired) electrons. The molecule has 0 saturated carbocycles. The zero-order chi connectivity index (χ0) is 16.4. The molecular weight excluding hydrogens is 326 g/mol. The minimum atomic E-state index is -5.64. The number of benzene rings is 1. The van der Waals surface area contributed by atoms with E-state index in [0.29, 0.717) is 19.0 Å². The first-order valence-electron chi connectivity index (χ1n) is 6.05. The second-order valence-corrected chi connectivity index (χ2v) is 6.03. The molecule has 0 aromatic heterocycles. The van der Waals surface area contributed by atoms with Crippen LogP contribution in [0.1, 0.15) is 10.4 Å². The quantitative estimate of drug-likeness (QED) is 0.451. The van der Waals surface area contributed by atoms with Gasteiger partial charge >= 0.3 is 21.3 Å². The summed E-state index contributed by atoms with van der Waals surface area (Å²) in [5.74, 6) is -0.698. The van der Waals surface area contributed by atoms with Gasteiger partial charge in [0, 0.05) is 0 Å². The number of rotatable bonds is 7. The molecule has 7 nitrogen and oxygen atoms in total. The molecular formula is C12H12F2O7S. The highest BCUT2D eigenvalue weighted by Gasteiger charge is 2.45. The van der Waals surface area contributed by atoms with Gasteiger partial charge in [-0.05, 0) is 24.3 Å². The van der Waals surface area contributed by atoms with Crippen molar-refractivity contribution >= 4 is 16.1 Å². The van der Waals surface area contributed by atoms with Crippen molar-refractivity contribution in [2.75, 3.05) is 19.8 Å². The lowest BCUT2D eigenvalue weighted by Crippen LogP contribution is -2.34. The van der Waals surface area contributed by atoms with Crippen LogP contribution in [-0.4, -0.2) is 50.1 Å². The van der Waals surface area contributed by atoms with E-state index in [9.17, 15) is 22.0 Å². The molecule has 1 heterocycles. The number of carbonyl (C=O) groups excluding carboxylic acids is 1. The summed E-state index contributed by atoms with van der Waals surface area (Å²) < 4.78 is 69.3. The number of hydrogen-bond donors (Lipinski definition) is 1. The summed E-state index contributed by atoms with van der Waals surface area (Å²) in [4.78, 5) is 11.5. The number of ether oxygens (including phenoxy) is 3. The number of carbonyl (C=O) groups is 1. The van der Waals surface area contributed by atoms with Gasteiger partial charge in [0.1, 0.15) is 18.5 Å². The van der Waals surface area contributed by atoms with Gasteiger partial charge in [-0.1, -0.05) is 0 Å². The third kappa shape index (κ3) is 4.36. The van der Waals surface area contributed by atoms with Gasteiger partial charge in [0.25, 0.3) is 0 Å². The van der Waals surface area contributed by atoms with Crippen molar-refractivity contribution in [2.45, 2.75) is 11.4 Å². The average Bonchev–Trinajstić information content (AvgIpc) is 3.26. The largest absolute Gasteiger partial charge is 0.491 e. The molecule has 1 saturated heterocycles. The third-order valence-corrected chi connectivity index (χ3v) is 3.55. The van der Waals surface area contributed by atoms with Gasteiger partial charge < -0.3 is 14.2 Å². The SMILES string of the molecule is O=C(OCC(F)(F)S(=O)(=O)O)c1ccc(OCC2CO2)cc1. The summed E-state index contributed by atoms with van der Waals surface area (Å²) >= 11 is 0. The molecule has 0 bridgehead atoms. The fourth-order valence-electron chi connectivity index (χ4n) is 1.35. The summed E-state index contributed by atoms with van der Waals surface area (Å²) in [7, 11) is -5.64. The predicted molar refractivity (Wildman–Crippen MR) is 68.5 cm³/mol. The van der Waals surface area contributed by atoms with Crippen molar-refractivity contribution in [2.24, 2.45) is 0 Å². The van der Waals surface area contributed by atoms with Gasteiger partial charge in [0.15, 0.2) is 6.61 Å². The fraction of sp³-hybridized carbons (Fsp3) is 0.417. The highest BCUT2D eigenvalue weighted by atomic mass is 32.2. The summed E-state index contributed by atoms with van der Waals surface area (Å²) in [6, 6.07) is 5.41. The second-order valence-electron chi connectivity index (χ2n) is 4.48. The molecule has 1 N–H and O–H groups in total. The Kier molecular flexibility index (Phi) is 4.63. The molecule has 0 spiro atoms. The maximum atomic E-state index is 12.9. The van der Waals surface area contributed by atoms with Gasteiger partial charge in [-0.2, -0.15) is 17.2 Å². The van der Waals surface area contributed by atoms with E-state index in [1.54, 1.807) is 0 Å². The second kappa shape index (κ2) is 6.15. The Balaban J connectivity index is 1.89. The van der Waals surface area contributed by atoms with Crippen molar-refractivity contribution in [3.05, 3.63) is 29.8 Å². The van der Waals surface area contributed by atoms with Crippen molar-refractivity contribution in [1.29, 1.82) is 0 Å². The lowest BCUT2D eigenvalue weighted by Gasteiger charge is -2.13. The number of halogens is 2. The minimum Gasteiger partial charge on any atom is -0.491 e. The van der Waals surface area contributed by atoms with Crippen molar-refractivity contribution in [3.8, 4) is 5.75 Å². The van der Waals surface area contributed by atoms with Crippen LogP contribution in [0.2, 0.25) is 0 Å². The van der Waals surface area contributed by atoms with E-state index >= 15 is 0 Å². The van der Waals surface area contributed by atoms with Gasteiger partial charge in [-0.3, -0.25) is 4.55 Å². The normalized spacial score (nSPS) is 17.9. The summed E-state index contributed by atoms with van der Waals surface area (Å²) in [5.41, 5.74) is -0.0684. The first kappa shape index (κ1) is 16.6. The van der Waals surface area contributed by atoms with Crippen molar-refractivity contribution < 1.29 is 40.8 Å². The Morgan fingerprint density at radius 1 is 1.36 bits per heavy atom. The number of hydrogen-bond acceptors (Lipinski definition) is 6. The Labute approximate surface area is 124 Å². The molecule has 1 unspecified atom stereocenters. The van der Waals surface area contributed by atoms with E-state index in [-0.39, 0.29) is 11.7 Å². The van der Waals surface area contributed by atoms with Crippen LogP contribution in [0.25, 0.3) is 0 Å². The van der Waals surface area contributed by atoms with Crippen LogP contribution in [0, 0.1) is 0 Å². The molecule has 1 aromatic carbocycles. The van der Waals surface area contributed by atoms with Gasteiger partial charge in [-0.15, -0.1) is 0 Å². The van der Waals surface area contributed by atoms with E-state index in [4.69, 9.17) is 14.0 Å². The summed E-state index contributed by atoms with van der Waals surface area (Å²) in [5, 5.41) is -4.56. The van der Waals surface area contributed by atoms with E-state index < -0.39 is 27.9 Å². The third-order valence-electron chi connectivity index (χ3n) is 2.68. The lowest BCUT2D eigenvalue weighted by molar-refractivity contribution is -0.00950. The molecule has 0 amide bonds.